The van der Waals surface area contributed by atoms with Gasteiger partial charge in [-0.05, 0) is 28.1 Å². The average molecular weight is 375 g/mol. The van der Waals surface area contributed by atoms with Crippen LogP contribution in [0.1, 0.15) is 10.4 Å². The molecule has 0 aliphatic rings. The summed E-state index contributed by atoms with van der Waals surface area (Å²) in [6.07, 6.45) is 0. The van der Waals surface area contributed by atoms with E-state index in [0.29, 0.717) is 0 Å². The number of rotatable bonds is 4. The maximum Gasteiger partial charge on any atom is 0.337 e. The standard InChI is InChI=1S/C11H11BrN4O4S/c1-15-10(9(12)13-14-15)21(19,20)16(2)8-6-4-3-5-7(8)11(17)18/h3-6H,1-2H3,(H,17,18). The molecule has 1 aromatic heterocycles. The van der Waals surface area contributed by atoms with Crippen LogP contribution >= 0.6 is 15.9 Å². The van der Waals surface area contributed by atoms with Gasteiger partial charge in [-0.3, -0.25) is 4.31 Å². The second-order valence-corrected chi connectivity index (χ2v) is 6.74. The maximum absolute atomic E-state index is 12.6. The predicted octanol–water partition coefficient (Wildman–Crippen LogP) is 1.10. The van der Waals surface area contributed by atoms with Gasteiger partial charge in [0, 0.05) is 14.1 Å². The zero-order valence-electron chi connectivity index (χ0n) is 11.1. The fraction of sp³-hybridized carbons (Fsp3) is 0.182. The van der Waals surface area contributed by atoms with E-state index in [1.54, 1.807) is 6.07 Å². The van der Waals surface area contributed by atoms with Crippen molar-refractivity contribution < 1.29 is 18.3 Å². The van der Waals surface area contributed by atoms with E-state index < -0.39 is 16.0 Å². The first-order chi connectivity index (χ1) is 9.76. The molecule has 0 bridgehead atoms. The molecule has 1 heterocycles. The van der Waals surface area contributed by atoms with E-state index >= 15 is 0 Å². The van der Waals surface area contributed by atoms with Crippen LogP contribution in [0.2, 0.25) is 0 Å². The Morgan fingerprint density at radius 2 is 2.00 bits per heavy atom. The Bertz CT molecular complexity index is 783. The highest BCUT2D eigenvalue weighted by Crippen LogP contribution is 2.28. The lowest BCUT2D eigenvalue weighted by atomic mass is 10.2. The third-order valence-corrected chi connectivity index (χ3v) is 5.48. The number of hydrogen-bond acceptors (Lipinski definition) is 5. The minimum atomic E-state index is -4.00. The van der Waals surface area contributed by atoms with E-state index in [1.807, 2.05) is 0 Å². The van der Waals surface area contributed by atoms with Gasteiger partial charge in [-0.15, -0.1) is 5.10 Å². The highest BCUT2D eigenvalue weighted by Gasteiger charge is 2.30. The summed E-state index contributed by atoms with van der Waals surface area (Å²) in [5, 5.41) is 16.2. The Balaban J connectivity index is 2.60. The van der Waals surface area contributed by atoms with Crippen molar-refractivity contribution in [2.24, 2.45) is 7.05 Å². The Morgan fingerprint density at radius 1 is 1.38 bits per heavy atom. The fourth-order valence-electron chi connectivity index (χ4n) is 1.78. The van der Waals surface area contributed by atoms with Gasteiger partial charge in [0.15, 0.2) is 4.60 Å². The van der Waals surface area contributed by atoms with E-state index in [2.05, 4.69) is 26.2 Å². The zero-order valence-corrected chi connectivity index (χ0v) is 13.5. The molecular formula is C11H11BrN4O4S. The first-order valence-corrected chi connectivity index (χ1v) is 7.86. The number of carboxylic acid groups (broad SMARTS) is 1. The van der Waals surface area contributed by atoms with Crippen LogP contribution in [0.4, 0.5) is 5.69 Å². The largest absolute Gasteiger partial charge is 0.478 e. The normalized spacial score (nSPS) is 11.4. The molecule has 0 spiro atoms. The molecule has 0 radical (unpaired) electrons. The molecule has 2 aromatic rings. The molecule has 0 aliphatic carbocycles. The molecule has 8 nitrogen and oxygen atoms in total. The number of carbonyl (C=O) groups is 1. The average Bonchev–Trinajstić information content (AvgIpc) is 2.77. The minimum Gasteiger partial charge on any atom is -0.478 e. The summed E-state index contributed by atoms with van der Waals surface area (Å²) in [4.78, 5) is 11.2. The number of aromatic carboxylic acids is 1. The van der Waals surface area contributed by atoms with E-state index in [9.17, 15) is 13.2 Å². The van der Waals surface area contributed by atoms with E-state index in [-0.39, 0.29) is 20.9 Å². The highest BCUT2D eigenvalue weighted by molar-refractivity contribution is 9.10. The van der Waals surface area contributed by atoms with Gasteiger partial charge in [0.2, 0.25) is 5.03 Å². The maximum atomic E-state index is 12.6. The minimum absolute atomic E-state index is 0.0538. The molecule has 0 saturated carbocycles. The molecule has 0 unspecified atom stereocenters. The summed E-state index contributed by atoms with van der Waals surface area (Å²) >= 11 is 3.02. The Kier molecular flexibility index (Phi) is 4.01. The van der Waals surface area contributed by atoms with Crippen molar-refractivity contribution in [2.45, 2.75) is 5.03 Å². The molecule has 1 aromatic carbocycles. The number of halogens is 1. The topological polar surface area (TPSA) is 105 Å². The number of nitrogens with zero attached hydrogens (tertiary/aromatic N) is 4. The van der Waals surface area contributed by atoms with Crippen molar-refractivity contribution in [3.8, 4) is 0 Å². The van der Waals surface area contributed by atoms with Crippen molar-refractivity contribution in [1.29, 1.82) is 0 Å². The van der Waals surface area contributed by atoms with Gasteiger partial charge >= 0.3 is 5.97 Å². The van der Waals surface area contributed by atoms with Gasteiger partial charge in [0.25, 0.3) is 10.0 Å². The van der Waals surface area contributed by atoms with Crippen molar-refractivity contribution >= 4 is 37.6 Å². The van der Waals surface area contributed by atoms with E-state index in [0.717, 1.165) is 8.99 Å². The van der Waals surface area contributed by atoms with Crippen molar-refractivity contribution in [2.75, 3.05) is 11.4 Å². The van der Waals surface area contributed by atoms with Crippen molar-refractivity contribution in [3.05, 3.63) is 34.4 Å². The van der Waals surface area contributed by atoms with Gasteiger partial charge in [0.05, 0.1) is 11.3 Å². The first kappa shape index (κ1) is 15.4. The van der Waals surface area contributed by atoms with Crippen LogP contribution in [0.15, 0.2) is 33.9 Å². The lowest BCUT2D eigenvalue weighted by Gasteiger charge is -2.20. The molecule has 2 rings (SSSR count). The number of anilines is 1. The fourth-order valence-corrected chi connectivity index (χ4v) is 4.03. The van der Waals surface area contributed by atoms with E-state index in [4.69, 9.17) is 5.11 Å². The highest BCUT2D eigenvalue weighted by atomic mass is 79.9. The summed E-state index contributed by atoms with van der Waals surface area (Å²) in [5.41, 5.74) is -0.0621. The molecule has 0 atom stereocenters. The Labute approximate surface area is 129 Å². The summed E-state index contributed by atoms with van der Waals surface area (Å²) in [6.45, 7) is 0. The number of sulfonamides is 1. The van der Waals surface area contributed by atoms with Gasteiger partial charge in [-0.25, -0.2) is 9.48 Å². The van der Waals surface area contributed by atoms with Gasteiger partial charge < -0.3 is 5.11 Å². The third kappa shape index (κ3) is 2.63. The van der Waals surface area contributed by atoms with Crippen LogP contribution in [-0.2, 0) is 17.1 Å². The summed E-state index contributed by atoms with van der Waals surface area (Å²) in [5.74, 6) is -1.21. The van der Waals surface area contributed by atoms with Gasteiger partial charge in [-0.1, -0.05) is 17.3 Å². The smallest absolute Gasteiger partial charge is 0.337 e. The SMILES string of the molecule is CN(c1ccccc1C(=O)O)S(=O)(=O)c1c(Br)nnn1C. The monoisotopic (exact) mass is 374 g/mol. The number of aryl methyl sites for hydroxylation is 1. The van der Waals surface area contributed by atoms with Gasteiger partial charge in [0.1, 0.15) is 0 Å². The van der Waals surface area contributed by atoms with Crippen LogP contribution < -0.4 is 4.31 Å². The number of hydrogen-bond donors (Lipinski definition) is 1. The second-order valence-electron chi connectivity index (χ2n) is 4.10. The van der Waals surface area contributed by atoms with Crippen LogP contribution in [0, 0.1) is 0 Å². The Hall–Kier alpha value is -1.94. The lowest BCUT2D eigenvalue weighted by Crippen LogP contribution is -2.30. The molecule has 1 N–H and O–H groups in total. The van der Waals surface area contributed by atoms with Crippen LogP contribution in [0.3, 0.4) is 0 Å². The molecule has 10 heteroatoms. The zero-order chi connectivity index (χ0) is 15.8. The van der Waals surface area contributed by atoms with Crippen molar-refractivity contribution in [1.82, 2.24) is 15.0 Å². The molecule has 0 amide bonds. The van der Waals surface area contributed by atoms with Crippen LogP contribution in [-0.4, -0.2) is 41.5 Å². The molecule has 112 valence electrons. The molecule has 0 aliphatic heterocycles. The number of aromatic nitrogens is 3. The summed E-state index contributed by atoms with van der Waals surface area (Å²) in [6, 6.07) is 5.83. The molecule has 0 fully saturated rings. The molecule has 0 saturated heterocycles. The number of carboxylic acids is 1. The summed E-state index contributed by atoms with van der Waals surface area (Å²) in [7, 11) is -1.30. The van der Waals surface area contributed by atoms with Crippen LogP contribution in [0.5, 0.6) is 0 Å². The van der Waals surface area contributed by atoms with Gasteiger partial charge in [-0.2, -0.15) is 8.42 Å². The molecular weight excluding hydrogens is 364 g/mol. The van der Waals surface area contributed by atoms with E-state index in [1.165, 1.54) is 32.3 Å². The summed E-state index contributed by atoms with van der Waals surface area (Å²) < 4.78 is 27.3. The second kappa shape index (κ2) is 5.45. The van der Waals surface area contributed by atoms with Crippen LogP contribution in [0.25, 0.3) is 0 Å². The number of para-hydroxylation sites is 1. The third-order valence-electron chi connectivity index (χ3n) is 2.82. The lowest BCUT2D eigenvalue weighted by molar-refractivity contribution is 0.0698. The quantitative estimate of drug-likeness (QED) is 0.858. The number of benzene rings is 1. The van der Waals surface area contributed by atoms with Crippen molar-refractivity contribution in [3.63, 3.8) is 0 Å². The Morgan fingerprint density at radius 3 is 2.52 bits per heavy atom. The predicted molar refractivity (Wildman–Crippen MR) is 77.7 cm³/mol. The molecule has 21 heavy (non-hydrogen) atoms. The first-order valence-electron chi connectivity index (χ1n) is 5.63.